The van der Waals surface area contributed by atoms with Crippen LogP contribution in [0.4, 0.5) is 60.5 Å². The van der Waals surface area contributed by atoms with Gasteiger partial charge in [0.2, 0.25) is 6.10 Å². The molecule has 0 saturated carbocycles. The third-order valence-electron chi connectivity index (χ3n) is 17.4. The van der Waals surface area contributed by atoms with Crippen molar-refractivity contribution in [1.82, 2.24) is 64.6 Å². The molecule has 0 aliphatic rings. The van der Waals surface area contributed by atoms with E-state index in [1.165, 1.54) is 36.2 Å². The molecule has 0 unspecified atom stereocenters. The molecular weight excluding hydrogens is 1600 g/mol. The lowest BCUT2D eigenvalue weighted by molar-refractivity contribution is -0.458. The van der Waals surface area contributed by atoms with Crippen LogP contribution in [-0.2, 0) is 28.4 Å². The molecule has 2 atom stereocenters. The number of nitrogens with one attached hydrogen (secondary N) is 1. The van der Waals surface area contributed by atoms with E-state index in [9.17, 15) is 97.5 Å². The number of carbonyl (C=O) groups excluding carboxylic acids is 1. The molecule has 38 nitrogen and oxygen atoms in total. The molecule has 120 heavy (non-hydrogen) atoms. The Kier molecular flexibility index (Phi) is 27.3. The monoisotopic (exact) mass is 1680 g/mol. The fraction of sp³-hybridized carbons (Fsp3) is 0.316. The summed E-state index contributed by atoms with van der Waals surface area (Å²) in [7, 11) is 11.0. The van der Waals surface area contributed by atoms with Crippen LogP contribution in [0.2, 0.25) is 0 Å². The summed E-state index contributed by atoms with van der Waals surface area (Å²) in [5.74, 6) is -15.0. The number of alkyl halides is 6. The van der Waals surface area contributed by atoms with Crippen LogP contribution in [0, 0.1) is 0 Å². The van der Waals surface area contributed by atoms with Crippen LogP contribution in [0.15, 0.2) is 165 Å². The lowest BCUT2D eigenvalue weighted by Crippen LogP contribution is -2.77. The SMILES string of the molecule is COC[C@H](O)CN(c1cc(OC)cc(OC)c1)c1ccc2ncc(-c3cnn(C(C)C)c3)nc2c1.COc1cc(OC)cc(N(C[C@H](OC(C)=O)C(F)(F)F)c2ccc3ncc(-c4cnn(C)c4)nc3c2)c1.Cn1cc(-c2cnc3ccc(N(c4cc(OC(O)(O)O)cc(OC(O)(O)O)c4)C(O)(O)C(O)(O)C(O)(O)NCC(F)(F)F)cc3n2)cn1. The number of aryl methyl sites for hydroxylation is 2. The van der Waals surface area contributed by atoms with Gasteiger partial charge in [-0.1, -0.05) is 0 Å². The number of hydrogen-bond donors (Lipinski definition) is 14. The van der Waals surface area contributed by atoms with E-state index in [1.54, 1.807) is 114 Å². The van der Waals surface area contributed by atoms with Crippen molar-refractivity contribution in [2.45, 2.75) is 81.3 Å². The second kappa shape index (κ2) is 36.5. The Morgan fingerprint density at radius 3 is 1.22 bits per heavy atom. The van der Waals surface area contributed by atoms with Crippen LogP contribution in [0.5, 0.6) is 34.5 Å². The molecule has 6 aromatic carbocycles. The van der Waals surface area contributed by atoms with E-state index in [0.717, 1.165) is 69.7 Å². The average Bonchev–Trinajstić information content (AvgIpc) is 0.848. The normalized spacial score (nSPS) is 12.8. The number of carbonyl (C=O) groups is 1. The van der Waals surface area contributed by atoms with Gasteiger partial charge in [-0.05, 0) is 68.4 Å². The third-order valence-corrected chi connectivity index (χ3v) is 17.4. The van der Waals surface area contributed by atoms with Crippen molar-refractivity contribution >= 4 is 73.2 Å². The minimum absolute atomic E-state index is 0.0529. The van der Waals surface area contributed by atoms with Gasteiger partial charge >= 0.3 is 42.3 Å². The molecule has 0 saturated heterocycles. The molecular formula is C76H82F6N16O22. The van der Waals surface area contributed by atoms with Crippen molar-refractivity contribution in [3.05, 3.63) is 165 Å². The Balaban J connectivity index is 0.000000192. The maximum absolute atomic E-state index is 13.9. The predicted octanol–water partition coefficient (Wildman–Crippen LogP) is 5.13. The van der Waals surface area contributed by atoms with Gasteiger partial charge in [0.05, 0.1) is 154 Å². The van der Waals surface area contributed by atoms with Crippen molar-refractivity contribution in [2.24, 2.45) is 14.1 Å². The number of ether oxygens (including phenoxy) is 8. The molecule has 640 valence electrons. The van der Waals surface area contributed by atoms with E-state index in [-0.39, 0.29) is 34.3 Å². The van der Waals surface area contributed by atoms with Crippen molar-refractivity contribution in [1.29, 1.82) is 0 Å². The second-order valence-electron chi connectivity index (χ2n) is 26.8. The first-order chi connectivity index (χ1) is 56.3. The molecule has 0 aliphatic heterocycles. The maximum Gasteiger partial charge on any atom is 0.453 e. The summed E-state index contributed by atoms with van der Waals surface area (Å²) in [5, 5.41) is 144. The zero-order chi connectivity index (χ0) is 87.8. The summed E-state index contributed by atoms with van der Waals surface area (Å²) >= 11 is 0. The highest BCUT2D eigenvalue weighted by molar-refractivity contribution is 5.86. The van der Waals surface area contributed by atoms with Crippen LogP contribution < -0.4 is 48.4 Å². The molecule has 12 rings (SSSR count). The molecule has 6 aromatic heterocycles. The zero-order valence-electron chi connectivity index (χ0n) is 65.1. The second-order valence-corrected chi connectivity index (χ2v) is 26.8. The zero-order valence-corrected chi connectivity index (χ0v) is 65.1. The summed E-state index contributed by atoms with van der Waals surface area (Å²) in [6.45, 7) is 2.55. The first-order valence-corrected chi connectivity index (χ1v) is 35.4. The molecule has 0 radical (unpaired) electrons. The Morgan fingerprint density at radius 1 is 0.475 bits per heavy atom. The molecule has 44 heteroatoms. The number of fused-ring (bicyclic) bond motifs is 3. The fourth-order valence-corrected chi connectivity index (χ4v) is 11.8. The molecule has 0 fully saturated rings. The maximum atomic E-state index is 13.9. The highest BCUT2D eigenvalue weighted by atomic mass is 19.4. The first-order valence-electron chi connectivity index (χ1n) is 35.4. The quantitative estimate of drug-likeness (QED) is 0.0158. The highest BCUT2D eigenvalue weighted by Gasteiger charge is 2.66. The molecule has 0 aliphatic carbocycles. The van der Waals surface area contributed by atoms with Gasteiger partial charge in [-0.3, -0.25) is 44.0 Å². The van der Waals surface area contributed by atoms with E-state index in [4.69, 9.17) is 28.7 Å². The number of nitrogens with zero attached hydrogens (tertiary/aromatic N) is 15. The Labute approximate surface area is 675 Å². The van der Waals surface area contributed by atoms with Gasteiger partial charge in [0, 0.05) is 152 Å². The van der Waals surface area contributed by atoms with E-state index in [1.807, 2.05) is 52.2 Å². The minimum atomic E-state index is -5.21. The summed E-state index contributed by atoms with van der Waals surface area (Å²) in [6, 6.07) is 26.0. The Hall–Kier alpha value is -12.4. The smallest absolute Gasteiger partial charge is 0.453 e. The number of esters is 1. The van der Waals surface area contributed by atoms with Gasteiger partial charge in [0.25, 0.3) is 5.91 Å². The lowest BCUT2D eigenvalue weighted by atomic mass is 10.0. The number of aliphatic hydroxyl groups excluding tert-OH is 1. The van der Waals surface area contributed by atoms with Crippen molar-refractivity contribution in [3.63, 3.8) is 0 Å². The number of benzene rings is 6. The number of anilines is 6. The summed E-state index contributed by atoms with van der Waals surface area (Å²) in [6.07, 6.45) is -6.24. The molecule has 0 amide bonds. The van der Waals surface area contributed by atoms with Crippen LogP contribution >= 0.6 is 0 Å². The van der Waals surface area contributed by atoms with Crippen molar-refractivity contribution in [2.75, 3.05) is 76.5 Å². The third kappa shape index (κ3) is 22.5. The summed E-state index contributed by atoms with van der Waals surface area (Å²) < 4.78 is 125. The van der Waals surface area contributed by atoms with Gasteiger partial charge in [-0.2, -0.15) is 41.6 Å². The van der Waals surface area contributed by atoms with Crippen LogP contribution in [-0.4, -0.2) is 248 Å². The molecule has 12 aromatic rings. The molecule has 6 heterocycles. The van der Waals surface area contributed by atoms with Crippen LogP contribution in [0.25, 0.3) is 66.9 Å². The number of hydrogen-bond acceptors (Lipinski definition) is 35. The standard InChI is InChI=1S/C26H31N5O4.C25H27F3N6O14.C25H24F3N5O4/c1-17(2)31-14-18(12-28-31)26-13-27-24-7-6-19(10-25(24)29-26)30(15-21(32)16-33-3)20-8-22(34-4)11-23(9-20)35-5;1-33-10-12(8-31-33)19-9-29-17-3-2-13(6-18(17)32-19)34(23(39,40)21(35,36)22(37,38)30-11-20(26,27)28)14-4-15(47-24(41,42)43)7-16(5-14)48-25(44,45)46;1-15(34)37-24(25(26,27)28)14-33(18-7-19(35-3)10-20(8-18)36-4)17-5-6-21-22(9-17)31-23(12-29-21)16-11-30-32(2)13-16/h6-14,17,21,32H,15-16H2,1-5H3;2-10,30,35-46H,11H2,1H3;5-13,24H,14H2,1-4H3/t21-;;24-/m1.0/s1. The number of methoxy groups -OCH3 is 5. The number of aliphatic hydroxyl groups is 13. The van der Waals surface area contributed by atoms with Crippen LogP contribution in [0.1, 0.15) is 26.8 Å². The average molecular weight is 1690 g/mol. The lowest BCUT2D eigenvalue weighted by Gasteiger charge is -2.48. The van der Waals surface area contributed by atoms with E-state index >= 15 is 0 Å². The Bertz CT molecular complexity index is 5470. The number of aromatic nitrogens is 12. The Morgan fingerprint density at radius 2 is 0.858 bits per heavy atom. The minimum Gasteiger partial charge on any atom is -0.497 e. The highest BCUT2D eigenvalue weighted by Crippen LogP contribution is 2.45. The number of rotatable bonds is 30. The molecule has 0 bridgehead atoms. The van der Waals surface area contributed by atoms with Gasteiger partial charge < -0.3 is 114 Å². The van der Waals surface area contributed by atoms with E-state index < -0.39 is 96.4 Å². The topological polar surface area (TPSA) is 506 Å². The van der Waals surface area contributed by atoms with E-state index in [2.05, 4.69) is 68.3 Å². The van der Waals surface area contributed by atoms with E-state index in [0.29, 0.717) is 81.4 Å². The largest absolute Gasteiger partial charge is 0.497 e. The fourth-order valence-electron chi connectivity index (χ4n) is 11.8. The molecule has 0 spiro atoms. The molecule has 14 N–H and O–H groups in total. The van der Waals surface area contributed by atoms with Gasteiger partial charge in [-0.25, -0.2) is 15.0 Å². The van der Waals surface area contributed by atoms with Gasteiger partial charge in [0.15, 0.2) is 0 Å². The first kappa shape index (κ1) is 90.0. The predicted molar refractivity (Wildman–Crippen MR) is 411 cm³/mol. The summed E-state index contributed by atoms with van der Waals surface area (Å²) in [4.78, 5) is 41.9. The van der Waals surface area contributed by atoms with Gasteiger partial charge in [-0.15, -0.1) is 0 Å². The van der Waals surface area contributed by atoms with Crippen LogP contribution in [0.3, 0.4) is 0 Å². The van der Waals surface area contributed by atoms with Crippen molar-refractivity contribution in [3.8, 4) is 68.3 Å². The van der Waals surface area contributed by atoms with Gasteiger partial charge in [0.1, 0.15) is 34.5 Å². The summed E-state index contributed by atoms with van der Waals surface area (Å²) in [5.41, 5.74) is 6.88. The number of halogens is 6. The van der Waals surface area contributed by atoms with Crippen molar-refractivity contribution < 1.29 is 135 Å².